The van der Waals surface area contributed by atoms with Crippen molar-refractivity contribution < 1.29 is 14.0 Å². The number of nitrogens with one attached hydrogen (secondary N) is 1. The highest BCUT2D eigenvalue weighted by molar-refractivity contribution is 5.84. The lowest BCUT2D eigenvalue weighted by Crippen LogP contribution is -2.53. The van der Waals surface area contributed by atoms with Crippen molar-refractivity contribution in [3.05, 3.63) is 53.6 Å². The van der Waals surface area contributed by atoms with Crippen LogP contribution in [0.1, 0.15) is 49.8 Å². The smallest absolute Gasteiger partial charge is 0.229 e. The summed E-state index contributed by atoms with van der Waals surface area (Å²) in [5.74, 6) is 0.153. The number of nitrogens with zero attached hydrogens (tertiary/aromatic N) is 3. The summed E-state index contributed by atoms with van der Waals surface area (Å²) in [5.41, 5.74) is 1.30. The Bertz CT molecular complexity index is 890. The number of carbonyl (C=O) groups is 2. The minimum atomic E-state index is -0.602. The molecular weight excluding hydrogens is 383 g/mol. The molecule has 2 aromatic rings. The van der Waals surface area contributed by atoms with Gasteiger partial charge in [0.2, 0.25) is 11.8 Å². The van der Waals surface area contributed by atoms with E-state index in [1.165, 1.54) is 12.1 Å². The number of piperidine rings is 2. The first-order valence-electron chi connectivity index (χ1n) is 10.8. The van der Waals surface area contributed by atoms with Crippen LogP contribution in [0.3, 0.4) is 0 Å². The second-order valence-corrected chi connectivity index (χ2v) is 8.70. The number of likely N-dealkylation sites (tertiary alicyclic amines) is 2. The molecular formula is C23H29FN4O2. The molecule has 2 amide bonds. The van der Waals surface area contributed by atoms with Crippen LogP contribution in [-0.4, -0.2) is 58.0 Å². The summed E-state index contributed by atoms with van der Waals surface area (Å²) in [6, 6.07) is 8.51. The van der Waals surface area contributed by atoms with E-state index in [-0.39, 0.29) is 23.5 Å². The van der Waals surface area contributed by atoms with Gasteiger partial charge in [0.25, 0.3) is 0 Å². The van der Waals surface area contributed by atoms with Crippen LogP contribution < -0.4 is 0 Å². The lowest BCUT2D eigenvalue weighted by Gasteiger charge is -2.45. The van der Waals surface area contributed by atoms with Gasteiger partial charge in [-0.15, -0.1) is 0 Å². The summed E-state index contributed by atoms with van der Waals surface area (Å²) >= 11 is 0. The molecule has 30 heavy (non-hydrogen) atoms. The molecule has 1 unspecified atom stereocenters. The maximum absolute atomic E-state index is 13.9. The second kappa shape index (κ2) is 8.58. The number of hydrogen-bond donors (Lipinski definition) is 1. The van der Waals surface area contributed by atoms with Gasteiger partial charge in [0.05, 0.1) is 5.41 Å². The van der Waals surface area contributed by atoms with Crippen LogP contribution in [0.5, 0.6) is 0 Å². The van der Waals surface area contributed by atoms with Crippen molar-refractivity contribution >= 4 is 11.8 Å². The highest BCUT2D eigenvalue weighted by Gasteiger charge is 2.45. The minimum absolute atomic E-state index is 0.0408. The molecule has 2 fully saturated rings. The first-order chi connectivity index (χ1) is 14.5. The lowest BCUT2D eigenvalue weighted by atomic mass is 9.72. The summed E-state index contributed by atoms with van der Waals surface area (Å²) in [4.78, 5) is 29.5. The average Bonchev–Trinajstić information content (AvgIpc) is 3.29. The van der Waals surface area contributed by atoms with Crippen molar-refractivity contribution in [3.63, 3.8) is 0 Å². The zero-order valence-corrected chi connectivity index (χ0v) is 17.4. The Kier molecular flexibility index (Phi) is 5.88. The molecule has 0 bridgehead atoms. The molecule has 1 atom stereocenters. The number of H-pyrrole nitrogens is 1. The highest BCUT2D eigenvalue weighted by atomic mass is 19.1. The maximum atomic E-state index is 13.9. The van der Waals surface area contributed by atoms with Gasteiger partial charge in [0.1, 0.15) is 5.82 Å². The SMILES string of the molecule is CC(=O)N1CCC(Cc2cccc(F)c2)(C(=O)N2CCCC(c3ccn[nH]3)C2)CC1. The minimum Gasteiger partial charge on any atom is -0.343 e. The van der Waals surface area contributed by atoms with Gasteiger partial charge in [-0.05, 0) is 55.9 Å². The predicted molar refractivity (Wildman–Crippen MR) is 111 cm³/mol. The Morgan fingerprint density at radius 1 is 1.20 bits per heavy atom. The molecule has 7 heteroatoms. The van der Waals surface area contributed by atoms with Crippen LogP contribution in [-0.2, 0) is 16.0 Å². The zero-order valence-electron chi connectivity index (χ0n) is 17.4. The van der Waals surface area contributed by atoms with Gasteiger partial charge < -0.3 is 9.80 Å². The van der Waals surface area contributed by atoms with Gasteiger partial charge in [0.15, 0.2) is 0 Å². The van der Waals surface area contributed by atoms with Gasteiger partial charge in [-0.1, -0.05) is 12.1 Å². The first kappa shape index (κ1) is 20.6. The predicted octanol–water partition coefficient (Wildman–Crippen LogP) is 3.13. The van der Waals surface area contributed by atoms with E-state index in [0.717, 1.165) is 30.6 Å². The van der Waals surface area contributed by atoms with Crippen molar-refractivity contribution in [2.75, 3.05) is 26.2 Å². The zero-order chi connectivity index (χ0) is 21.1. The third-order valence-corrected chi connectivity index (χ3v) is 6.72. The van der Waals surface area contributed by atoms with Gasteiger partial charge in [-0.2, -0.15) is 5.10 Å². The molecule has 1 aromatic carbocycles. The van der Waals surface area contributed by atoms with Crippen molar-refractivity contribution in [3.8, 4) is 0 Å². The Balaban J connectivity index is 1.57. The van der Waals surface area contributed by atoms with E-state index < -0.39 is 5.41 Å². The summed E-state index contributed by atoms with van der Waals surface area (Å²) < 4.78 is 13.8. The number of amides is 2. The van der Waals surface area contributed by atoms with E-state index in [4.69, 9.17) is 0 Å². The molecule has 0 saturated carbocycles. The fraction of sp³-hybridized carbons (Fsp3) is 0.522. The van der Waals surface area contributed by atoms with Crippen molar-refractivity contribution in [2.45, 2.75) is 44.9 Å². The largest absolute Gasteiger partial charge is 0.343 e. The molecule has 1 N–H and O–H groups in total. The number of benzene rings is 1. The number of hydrogen-bond acceptors (Lipinski definition) is 3. The molecule has 0 spiro atoms. The monoisotopic (exact) mass is 412 g/mol. The Hall–Kier alpha value is -2.70. The normalized spacial score (nSPS) is 21.5. The Morgan fingerprint density at radius 2 is 2.00 bits per heavy atom. The van der Waals surface area contributed by atoms with Crippen LogP contribution in [0, 0.1) is 11.2 Å². The molecule has 2 aliphatic rings. The van der Waals surface area contributed by atoms with E-state index in [2.05, 4.69) is 10.2 Å². The maximum Gasteiger partial charge on any atom is 0.229 e. The highest BCUT2D eigenvalue weighted by Crippen LogP contribution is 2.39. The number of rotatable bonds is 4. The molecule has 4 rings (SSSR count). The van der Waals surface area contributed by atoms with Crippen LogP contribution in [0.15, 0.2) is 36.5 Å². The Labute approximate surface area is 176 Å². The summed E-state index contributed by atoms with van der Waals surface area (Å²) in [6.07, 6.45) is 5.44. The first-order valence-corrected chi connectivity index (χ1v) is 10.8. The number of aromatic nitrogens is 2. The second-order valence-electron chi connectivity index (χ2n) is 8.70. The van der Waals surface area contributed by atoms with Gasteiger partial charge in [-0.3, -0.25) is 14.7 Å². The summed E-state index contributed by atoms with van der Waals surface area (Å²) in [6.45, 7) is 4.11. The number of carbonyl (C=O) groups excluding carboxylic acids is 2. The van der Waals surface area contributed by atoms with Crippen molar-refractivity contribution in [2.24, 2.45) is 5.41 Å². The van der Waals surface area contributed by atoms with Crippen LogP contribution in [0.2, 0.25) is 0 Å². The molecule has 2 saturated heterocycles. The lowest BCUT2D eigenvalue weighted by molar-refractivity contribution is -0.149. The van der Waals surface area contributed by atoms with Gasteiger partial charge in [0, 0.05) is 50.9 Å². The number of aromatic amines is 1. The molecule has 160 valence electrons. The van der Waals surface area contributed by atoms with E-state index in [9.17, 15) is 14.0 Å². The summed E-state index contributed by atoms with van der Waals surface area (Å²) in [7, 11) is 0. The fourth-order valence-electron chi connectivity index (χ4n) is 5.00. The molecule has 1 aromatic heterocycles. The molecule has 0 radical (unpaired) electrons. The van der Waals surface area contributed by atoms with E-state index in [1.54, 1.807) is 24.1 Å². The van der Waals surface area contributed by atoms with Gasteiger partial charge in [-0.25, -0.2) is 4.39 Å². The Morgan fingerprint density at radius 3 is 2.67 bits per heavy atom. The quantitative estimate of drug-likeness (QED) is 0.839. The molecule has 3 heterocycles. The van der Waals surface area contributed by atoms with Crippen LogP contribution in [0.25, 0.3) is 0 Å². The van der Waals surface area contributed by atoms with E-state index in [0.29, 0.717) is 38.9 Å². The van der Waals surface area contributed by atoms with Crippen LogP contribution in [0.4, 0.5) is 4.39 Å². The molecule has 0 aliphatic carbocycles. The topological polar surface area (TPSA) is 69.3 Å². The third-order valence-electron chi connectivity index (χ3n) is 6.72. The van der Waals surface area contributed by atoms with Gasteiger partial charge >= 0.3 is 0 Å². The van der Waals surface area contributed by atoms with E-state index in [1.807, 2.05) is 17.0 Å². The van der Waals surface area contributed by atoms with Crippen molar-refractivity contribution in [1.82, 2.24) is 20.0 Å². The third kappa shape index (κ3) is 4.25. The summed E-state index contributed by atoms with van der Waals surface area (Å²) in [5, 5.41) is 7.10. The van der Waals surface area contributed by atoms with E-state index >= 15 is 0 Å². The number of halogens is 1. The molecule has 2 aliphatic heterocycles. The van der Waals surface area contributed by atoms with Crippen molar-refractivity contribution in [1.29, 1.82) is 0 Å². The molecule has 6 nitrogen and oxygen atoms in total. The standard InChI is InChI=1S/C23H29FN4O2/c1-17(29)27-12-8-23(9-13-27,15-18-4-2-6-20(24)14-18)22(30)28-11-3-5-19(16-28)21-7-10-25-26-21/h2,4,6-7,10,14,19H,3,5,8-9,11-13,15-16H2,1H3,(H,25,26). The van der Waals surface area contributed by atoms with Crippen LogP contribution >= 0.6 is 0 Å². The fourth-order valence-corrected chi connectivity index (χ4v) is 5.00. The average molecular weight is 413 g/mol.